The maximum Gasteiger partial charge on any atom is 0.108 e. The lowest BCUT2D eigenvalue weighted by atomic mass is 10.4. The molecule has 0 aromatic heterocycles. The zero-order valence-electron chi connectivity index (χ0n) is 4.59. The fourth-order valence-corrected chi connectivity index (χ4v) is 0.179. The number of hydrogen-bond donors (Lipinski definition) is 1. The summed E-state index contributed by atoms with van der Waals surface area (Å²) in [5.74, 6) is 0.0555. The molecule has 0 bridgehead atoms. The minimum atomic E-state index is 0. The van der Waals surface area contributed by atoms with Crippen LogP contribution in [-0.2, 0) is 0 Å². The standard InChI is InChI=1S/C6H8O.H2O/c1-3-4-5-6(2)7;/h3-5,7H,1-2H2;1H2/b5-4-;. The third-order valence-corrected chi connectivity index (χ3v) is 0.425. The van der Waals surface area contributed by atoms with Gasteiger partial charge in [-0.3, -0.25) is 0 Å². The van der Waals surface area contributed by atoms with E-state index in [1.54, 1.807) is 12.2 Å². The lowest BCUT2D eigenvalue weighted by molar-refractivity contribution is 0.435. The van der Waals surface area contributed by atoms with Crippen LogP contribution < -0.4 is 0 Å². The summed E-state index contributed by atoms with van der Waals surface area (Å²) in [4.78, 5) is 0. The van der Waals surface area contributed by atoms with Crippen molar-refractivity contribution in [3.63, 3.8) is 0 Å². The van der Waals surface area contributed by atoms with Gasteiger partial charge < -0.3 is 10.6 Å². The number of hydrogen-bond acceptors (Lipinski definition) is 1. The minimum absolute atomic E-state index is 0. The molecule has 0 spiro atoms. The Bertz CT molecular complexity index is 103. The molecular weight excluding hydrogens is 104 g/mol. The van der Waals surface area contributed by atoms with E-state index in [1.165, 1.54) is 6.08 Å². The van der Waals surface area contributed by atoms with Crippen molar-refractivity contribution in [2.24, 2.45) is 0 Å². The maximum atomic E-state index is 8.35. The van der Waals surface area contributed by atoms with E-state index in [2.05, 4.69) is 13.2 Å². The summed E-state index contributed by atoms with van der Waals surface area (Å²) < 4.78 is 0. The number of aliphatic hydroxyl groups is 1. The van der Waals surface area contributed by atoms with Crippen molar-refractivity contribution in [2.45, 2.75) is 0 Å². The van der Waals surface area contributed by atoms with Crippen molar-refractivity contribution in [1.29, 1.82) is 0 Å². The van der Waals surface area contributed by atoms with Gasteiger partial charge in [-0.05, 0) is 6.08 Å². The molecule has 0 saturated carbocycles. The van der Waals surface area contributed by atoms with Crippen LogP contribution in [0.3, 0.4) is 0 Å². The van der Waals surface area contributed by atoms with Crippen molar-refractivity contribution in [3.8, 4) is 0 Å². The topological polar surface area (TPSA) is 51.7 Å². The van der Waals surface area contributed by atoms with E-state index in [9.17, 15) is 0 Å². The van der Waals surface area contributed by atoms with Crippen molar-refractivity contribution in [2.75, 3.05) is 0 Å². The normalized spacial score (nSPS) is 8.00. The Hall–Kier alpha value is -1.02. The fourth-order valence-electron chi connectivity index (χ4n) is 0.179. The highest BCUT2D eigenvalue weighted by atomic mass is 16.3. The van der Waals surface area contributed by atoms with E-state index < -0.39 is 0 Å². The van der Waals surface area contributed by atoms with Crippen LogP contribution in [0.5, 0.6) is 0 Å². The Balaban J connectivity index is 0. The van der Waals surface area contributed by atoms with E-state index >= 15 is 0 Å². The van der Waals surface area contributed by atoms with Crippen molar-refractivity contribution in [1.82, 2.24) is 0 Å². The van der Waals surface area contributed by atoms with Gasteiger partial charge in [-0.15, -0.1) is 0 Å². The first-order valence-electron chi connectivity index (χ1n) is 1.94. The molecular formula is C6H10O2. The van der Waals surface area contributed by atoms with Gasteiger partial charge in [0.2, 0.25) is 0 Å². The average Bonchev–Trinajstić information content (AvgIpc) is 1.61. The summed E-state index contributed by atoms with van der Waals surface area (Å²) in [7, 11) is 0. The molecule has 2 heteroatoms. The molecule has 0 radical (unpaired) electrons. The molecule has 8 heavy (non-hydrogen) atoms. The first kappa shape index (κ1) is 10.1. The highest BCUT2D eigenvalue weighted by molar-refractivity contribution is 5.10. The van der Waals surface area contributed by atoms with E-state index in [1.807, 2.05) is 0 Å². The van der Waals surface area contributed by atoms with Crippen LogP contribution in [0, 0.1) is 0 Å². The Morgan fingerprint density at radius 1 is 1.50 bits per heavy atom. The predicted octanol–water partition coefficient (Wildman–Crippen LogP) is 0.976. The molecule has 0 aromatic rings. The van der Waals surface area contributed by atoms with Crippen LogP contribution in [0.2, 0.25) is 0 Å². The molecule has 0 aliphatic rings. The van der Waals surface area contributed by atoms with Crippen LogP contribution >= 0.6 is 0 Å². The molecule has 0 aromatic carbocycles. The molecule has 0 saturated heterocycles. The van der Waals surface area contributed by atoms with Gasteiger partial charge in [0.05, 0.1) is 0 Å². The van der Waals surface area contributed by atoms with Crippen LogP contribution in [0.1, 0.15) is 0 Å². The molecule has 0 fully saturated rings. The molecule has 0 heterocycles. The van der Waals surface area contributed by atoms with Gasteiger partial charge in [-0.2, -0.15) is 0 Å². The molecule has 0 aliphatic carbocycles. The molecule has 46 valence electrons. The molecule has 2 nitrogen and oxygen atoms in total. The molecule has 0 amide bonds. The third-order valence-electron chi connectivity index (χ3n) is 0.425. The van der Waals surface area contributed by atoms with E-state index in [4.69, 9.17) is 5.11 Å². The average molecular weight is 114 g/mol. The maximum absolute atomic E-state index is 8.35. The number of allylic oxidation sites excluding steroid dienone is 3. The zero-order chi connectivity index (χ0) is 5.70. The molecule has 0 unspecified atom stereocenters. The van der Waals surface area contributed by atoms with Crippen LogP contribution in [0.25, 0.3) is 0 Å². The van der Waals surface area contributed by atoms with Gasteiger partial charge in [-0.25, -0.2) is 0 Å². The van der Waals surface area contributed by atoms with Crippen LogP contribution in [0.4, 0.5) is 0 Å². The minimum Gasteiger partial charge on any atom is -0.509 e. The molecule has 3 N–H and O–H groups in total. The quantitative estimate of drug-likeness (QED) is 0.422. The monoisotopic (exact) mass is 114 g/mol. The first-order valence-corrected chi connectivity index (χ1v) is 1.94. The van der Waals surface area contributed by atoms with E-state index in [0.29, 0.717) is 0 Å². The highest BCUT2D eigenvalue weighted by Gasteiger charge is 1.68. The van der Waals surface area contributed by atoms with Gasteiger partial charge in [0.25, 0.3) is 0 Å². The second kappa shape index (κ2) is 5.98. The first-order chi connectivity index (χ1) is 3.27. The van der Waals surface area contributed by atoms with Crippen molar-refractivity contribution < 1.29 is 10.6 Å². The largest absolute Gasteiger partial charge is 0.509 e. The van der Waals surface area contributed by atoms with Gasteiger partial charge in [0.1, 0.15) is 5.76 Å². The molecule has 0 atom stereocenters. The van der Waals surface area contributed by atoms with Gasteiger partial charge >= 0.3 is 0 Å². The van der Waals surface area contributed by atoms with Crippen molar-refractivity contribution >= 4 is 0 Å². The number of rotatable bonds is 2. The second-order valence-corrected chi connectivity index (χ2v) is 1.09. The van der Waals surface area contributed by atoms with Gasteiger partial charge in [-0.1, -0.05) is 25.3 Å². The Kier molecular flexibility index (Phi) is 7.52. The summed E-state index contributed by atoms with van der Waals surface area (Å²) in [6, 6.07) is 0. The summed E-state index contributed by atoms with van der Waals surface area (Å²) in [5, 5.41) is 8.35. The number of aliphatic hydroxyl groups excluding tert-OH is 1. The molecule has 0 aliphatic heterocycles. The Labute approximate surface area is 48.8 Å². The lowest BCUT2D eigenvalue weighted by Gasteiger charge is -1.77. The van der Waals surface area contributed by atoms with Crippen molar-refractivity contribution in [3.05, 3.63) is 37.1 Å². The van der Waals surface area contributed by atoms with Crippen LogP contribution in [0.15, 0.2) is 37.1 Å². The second-order valence-electron chi connectivity index (χ2n) is 1.09. The summed E-state index contributed by atoms with van der Waals surface area (Å²) in [6.07, 6.45) is 4.65. The SMILES string of the molecule is C=C/C=C\C(=C)O.O. The fraction of sp³-hybridized carbons (Fsp3) is 0. The summed E-state index contributed by atoms with van der Waals surface area (Å²) in [5.41, 5.74) is 0. The predicted molar refractivity (Wildman–Crippen MR) is 34.7 cm³/mol. The lowest BCUT2D eigenvalue weighted by Crippen LogP contribution is -1.62. The van der Waals surface area contributed by atoms with E-state index in [0.717, 1.165) is 0 Å². The summed E-state index contributed by atoms with van der Waals surface area (Å²) >= 11 is 0. The van der Waals surface area contributed by atoms with E-state index in [-0.39, 0.29) is 11.2 Å². The molecule has 0 rings (SSSR count). The van der Waals surface area contributed by atoms with Crippen LogP contribution in [-0.4, -0.2) is 10.6 Å². The van der Waals surface area contributed by atoms with Gasteiger partial charge in [0.15, 0.2) is 0 Å². The zero-order valence-corrected chi connectivity index (χ0v) is 4.59. The smallest absolute Gasteiger partial charge is 0.108 e. The Morgan fingerprint density at radius 2 is 2.00 bits per heavy atom. The van der Waals surface area contributed by atoms with Gasteiger partial charge in [0, 0.05) is 0 Å². The Morgan fingerprint density at radius 3 is 2.12 bits per heavy atom. The highest BCUT2D eigenvalue weighted by Crippen LogP contribution is 1.82. The third kappa shape index (κ3) is 8.88. The summed E-state index contributed by atoms with van der Waals surface area (Å²) in [6.45, 7) is 6.61.